The van der Waals surface area contributed by atoms with E-state index in [1.54, 1.807) is 13.8 Å². The Morgan fingerprint density at radius 2 is 1.97 bits per heavy atom. The Bertz CT molecular complexity index is 1170. The Balaban J connectivity index is 1.58. The molecule has 11 heteroatoms. The molecule has 2 aliphatic rings. The lowest BCUT2D eigenvalue weighted by Crippen LogP contribution is -2.43. The van der Waals surface area contributed by atoms with E-state index in [0.717, 1.165) is 36.8 Å². The summed E-state index contributed by atoms with van der Waals surface area (Å²) in [6.07, 6.45) is 6.14. The van der Waals surface area contributed by atoms with Crippen LogP contribution in [0.25, 0.3) is 0 Å². The van der Waals surface area contributed by atoms with Crippen LogP contribution in [0.15, 0.2) is 24.4 Å². The smallest absolute Gasteiger partial charge is 0.254 e. The highest BCUT2D eigenvalue weighted by atomic mass is 32.2. The first-order chi connectivity index (χ1) is 16.1. The third-order valence-corrected chi connectivity index (χ3v) is 8.81. The second-order valence-electron chi connectivity index (χ2n) is 9.31. The Morgan fingerprint density at radius 1 is 1.21 bits per heavy atom. The van der Waals surface area contributed by atoms with E-state index >= 15 is 0 Å². The van der Waals surface area contributed by atoms with Crippen molar-refractivity contribution in [3.8, 4) is 0 Å². The molecule has 4 rings (SSSR count). The predicted octanol–water partition coefficient (Wildman–Crippen LogP) is 2.10. The van der Waals surface area contributed by atoms with Crippen molar-refractivity contribution in [2.45, 2.75) is 69.8 Å². The number of sulfonamides is 1. The Kier molecular flexibility index (Phi) is 7.06. The number of aromatic nitrogens is 2. The summed E-state index contributed by atoms with van der Waals surface area (Å²) in [6, 6.07) is 5.85. The van der Waals surface area contributed by atoms with Gasteiger partial charge in [0.1, 0.15) is 11.4 Å². The number of fused-ring (bicyclic) bond motifs is 1. The normalized spacial score (nSPS) is 21.2. The molecule has 1 saturated carbocycles. The van der Waals surface area contributed by atoms with E-state index in [2.05, 4.69) is 20.6 Å². The number of nitrogens with two attached hydrogens (primary N) is 2. The van der Waals surface area contributed by atoms with Crippen LogP contribution in [0.4, 0.5) is 17.5 Å². The Labute approximate surface area is 200 Å². The topological polar surface area (TPSA) is 156 Å². The maximum Gasteiger partial charge on any atom is 0.254 e. The number of anilines is 3. The number of carbonyl (C=O) groups excluding carboxylic acids is 1. The van der Waals surface area contributed by atoms with Crippen LogP contribution in [0.3, 0.4) is 0 Å². The van der Waals surface area contributed by atoms with Gasteiger partial charge < -0.3 is 22.1 Å². The van der Waals surface area contributed by atoms with Gasteiger partial charge >= 0.3 is 0 Å². The highest BCUT2D eigenvalue weighted by molar-refractivity contribution is 7.89. The van der Waals surface area contributed by atoms with E-state index in [1.807, 2.05) is 18.2 Å². The zero-order chi connectivity index (χ0) is 24.5. The summed E-state index contributed by atoms with van der Waals surface area (Å²) < 4.78 is 26.8. The predicted molar refractivity (Wildman–Crippen MR) is 132 cm³/mol. The molecule has 0 radical (unpaired) electrons. The van der Waals surface area contributed by atoms with Gasteiger partial charge in [0.15, 0.2) is 0 Å². The molecule has 1 aliphatic carbocycles. The number of hydrogen-bond donors (Lipinski definition) is 4. The first-order valence-electron chi connectivity index (χ1n) is 11.7. The number of benzene rings is 1. The van der Waals surface area contributed by atoms with Crippen LogP contribution >= 0.6 is 0 Å². The molecule has 2 atom stereocenters. The van der Waals surface area contributed by atoms with Gasteiger partial charge in [-0.1, -0.05) is 18.9 Å². The molecule has 1 aromatic heterocycles. The molecule has 1 amide bonds. The molecule has 0 saturated heterocycles. The van der Waals surface area contributed by atoms with Crippen molar-refractivity contribution in [1.29, 1.82) is 0 Å². The summed E-state index contributed by atoms with van der Waals surface area (Å²) in [5.74, 6) is 0.0226. The Morgan fingerprint density at radius 3 is 2.68 bits per heavy atom. The Hall–Kier alpha value is -2.76. The lowest BCUT2D eigenvalue weighted by Gasteiger charge is -2.30. The van der Waals surface area contributed by atoms with Crippen molar-refractivity contribution >= 4 is 33.4 Å². The number of carbonyl (C=O) groups is 1. The molecular formula is C23H33N7O3S. The van der Waals surface area contributed by atoms with Crippen molar-refractivity contribution in [2.24, 2.45) is 11.5 Å². The molecule has 1 fully saturated rings. The molecule has 10 nitrogen and oxygen atoms in total. The standard InChI is InChI=1S/C23H33N7O3S/c1-14(2)34(32,33)30-10-9-15-7-8-17(11-16(15)13-30)27-22-18(21(25)31)12-26-23(29-22)28-20-6-4-3-5-19(20)24/h7-8,11-12,14,19-20H,3-6,9-10,13,24H2,1-2H3,(H2,25,31)(H2,26,27,28,29). The number of primary amides is 1. The summed E-state index contributed by atoms with van der Waals surface area (Å²) in [5.41, 5.74) is 14.7. The van der Waals surface area contributed by atoms with Crippen molar-refractivity contribution in [1.82, 2.24) is 14.3 Å². The molecule has 2 unspecified atom stereocenters. The van der Waals surface area contributed by atoms with E-state index in [0.29, 0.717) is 31.1 Å². The van der Waals surface area contributed by atoms with Crippen LogP contribution in [0.5, 0.6) is 0 Å². The lowest BCUT2D eigenvalue weighted by atomic mass is 9.91. The summed E-state index contributed by atoms with van der Waals surface area (Å²) in [5, 5.41) is 6.00. The van der Waals surface area contributed by atoms with Crippen molar-refractivity contribution < 1.29 is 13.2 Å². The molecule has 0 bridgehead atoms. The first-order valence-corrected chi connectivity index (χ1v) is 13.2. The average molecular weight is 488 g/mol. The average Bonchev–Trinajstić information content (AvgIpc) is 2.80. The number of rotatable bonds is 7. The van der Waals surface area contributed by atoms with Gasteiger partial charge in [0, 0.05) is 37.1 Å². The first kappa shape index (κ1) is 24.4. The maximum atomic E-state index is 12.6. The van der Waals surface area contributed by atoms with E-state index in [1.165, 1.54) is 10.5 Å². The van der Waals surface area contributed by atoms with Crippen LogP contribution in [-0.4, -0.2) is 52.5 Å². The van der Waals surface area contributed by atoms with E-state index < -0.39 is 21.2 Å². The summed E-state index contributed by atoms with van der Waals surface area (Å²) in [4.78, 5) is 20.8. The summed E-state index contributed by atoms with van der Waals surface area (Å²) >= 11 is 0. The van der Waals surface area contributed by atoms with Crippen molar-refractivity contribution in [3.05, 3.63) is 41.1 Å². The molecule has 0 spiro atoms. The SMILES string of the molecule is CC(C)S(=O)(=O)N1CCc2ccc(Nc3nc(NC4CCCCC4N)ncc3C(N)=O)cc2C1. The van der Waals surface area contributed by atoms with Crippen LogP contribution in [0, 0.1) is 0 Å². The van der Waals surface area contributed by atoms with Gasteiger partial charge in [-0.2, -0.15) is 9.29 Å². The maximum absolute atomic E-state index is 12.6. The van der Waals surface area contributed by atoms with E-state index in [4.69, 9.17) is 11.5 Å². The molecule has 2 aromatic rings. The minimum absolute atomic E-state index is 0.0234. The largest absolute Gasteiger partial charge is 0.365 e. The molecule has 1 aromatic carbocycles. The molecule has 184 valence electrons. The van der Waals surface area contributed by atoms with Gasteiger partial charge in [0.05, 0.1) is 5.25 Å². The van der Waals surface area contributed by atoms with Gasteiger partial charge in [0.25, 0.3) is 5.91 Å². The zero-order valence-electron chi connectivity index (χ0n) is 19.6. The van der Waals surface area contributed by atoms with Crippen LogP contribution in [0.1, 0.15) is 61.0 Å². The van der Waals surface area contributed by atoms with Crippen LogP contribution in [-0.2, 0) is 23.0 Å². The fourth-order valence-electron chi connectivity index (χ4n) is 4.49. The number of amides is 1. The fourth-order valence-corrected chi connectivity index (χ4v) is 5.75. The van der Waals surface area contributed by atoms with E-state index in [-0.39, 0.29) is 23.5 Å². The molecule has 2 heterocycles. The lowest BCUT2D eigenvalue weighted by molar-refractivity contribution is 0.100. The van der Waals surface area contributed by atoms with Crippen molar-refractivity contribution in [2.75, 3.05) is 17.2 Å². The quantitative estimate of drug-likeness (QED) is 0.462. The summed E-state index contributed by atoms with van der Waals surface area (Å²) in [7, 11) is -3.34. The van der Waals surface area contributed by atoms with Gasteiger partial charge in [-0.15, -0.1) is 0 Å². The van der Waals surface area contributed by atoms with Gasteiger partial charge in [-0.05, 0) is 56.4 Å². The monoisotopic (exact) mass is 487 g/mol. The van der Waals surface area contributed by atoms with Crippen molar-refractivity contribution in [3.63, 3.8) is 0 Å². The molecule has 34 heavy (non-hydrogen) atoms. The van der Waals surface area contributed by atoms with Gasteiger partial charge in [-0.3, -0.25) is 4.79 Å². The minimum Gasteiger partial charge on any atom is -0.365 e. The molecular weight excluding hydrogens is 454 g/mol. The van der Waals surface area contributed by atoms with E-state index in [9.17, 15) is 13.2 Å². The zero-order valence-corrected chi connectivity index (χ0v) is 20.4. The molecule has 6 N–H and O–H groups in total. The second-order valence-corrected chi connectivity index (χ2v) is 11.8. The summed E-state index contributed by atoms with van der Waals surface area (Å²) in [6.45, 7) is 4.16. The minimum atomic E-state index is -3.34. The third kappa shape index (κ3) is 5.16. The molecule has 1 aliphatic heterocycles. The number of nitrogens with zero attached hydrogens (tertiary/aromatic N) is 3. The third-order valence-electron chi connectivity index (χ3n) is 6.59. The number of nitrogens with one attached hydrogen (secondary N) is 2. The van der Waals surface area contributed by atoms with Gasteiger partial charge in [0.2, 0.25) is 16.0 Å². The number of hydrogen-bond acceptors (Lipinski definition) is 8. The highest BCUT2D eigenvalue weighted by Crippen LogP contribution is 2.28. The van der Waals surface area contributed by atoms with Crippen LogP contribution < -0.4 is 22.1 Å². The van der Waals surface area contributed by atoms with Crippen LogP contribution in [0.2, 0.25) is 0 Å². The fraction of sp³-hybridized carbons (Fsp3) is 0.522. The second kappa shape index (κ2) is 9.85. The van der Waals surface area contributed by atoms with Gasteiger partial charge in [-0.25, -0.2) is 13.4 Å². The highest BCUT2D eigenvalue weighted by Gasteiger charge is 2.29.